The fourth-order valence-electron chi connectivity index (χ4n) is 6.25. The Kier molecular flexibility index (Phi) is 5.63. The SMILES string of the molecule is CCn1cc2c(N3CCC(NC4C5COCC54)CC3)ccc(C(=O)Nc3cc(F)c4nc(C)cn4c3)c2n1. The van der Waals surface area contributed by atoms with Crippen LogP contribution in [0.2, 0.25) is 0 Å². The van der Waals surface area contributed by atoms with E-state index < -0.39 is 5.82 Å². The van der Waals surface area contributed by atoms with Crippen LogP contribution in [0.3, 0.4) is 0 Å². The molecule has 3 fully saturated rings. The predicted molar refractivity (Wildman–Crippen MR) is 143 cm³/mol. The van der Waals surface area contributed by atoms with Crippen molar-refractivity contribution in [2.45, 2.75) is 45.3 Å². The van der Waals surface area contributed by atoms with Gasteiger partial charge in [0.1, 0.15) is 5.52 Å². The van der Waals surface area contributed by atoms with Gasteiger partial charge in [-0.05, 0) is 38.8 Å². The Hall–Kier alpha value is -3.50. The van der Waals surface area contributed by atoms with Gasteiger partial charge in [0.2, 0.25) is 0 Å². The van der Waals surface area contributed by atoms with Gasteiger partial charge in [0.15, 0.2) is 11.5 Å². The number of carbonyl (C=O) groups excluding carboxylic acids is 1. The maximum absolute atomic E-state index is 14.6. The van der Waals surface area contributed by atoms with E-state index in [-0.39, 0.29) is 11.6 Å². The number of halogens is 1. The number of amides is 1. The number of rotatable bonds is 6. The van der Waals surface area contributed by atoms with Crippen molar-refractivity contribution in [2.24, 2.45) is 11.8 Å². The highest BCUT2D eigenvalue weighted by Crippen LogP contribution is 2.44. The fourth-order valence-corrected chi connectivity index (χ4v) is 6.25. The van der Waals surface area contributed by atoms with Gasteiger partial charge < -0.3 is 24.7 Å². The van der Waals surface area contributed by atoms with Crippen LogP contribution in [0.15, 0.2) is 36.8 Å². The Labute approximate surface area is 220 Å². The molecule has 1 saturated carbocycles. The monoisotopic (exact) mass is 517 g/mol. The van der Waals surface area contributed by atoms with E-state index in [2.05, 4.69) is 20.5 Å². The van der Waals surface area contributed by atoms with Gasteiger partial charge in [-0.3, -0.25) is 9.48 Å². The van der Waals surface area contributed by atoms with E-state index in [4.69, 9.17) is 9.84 Å². The van der Waals surface area contributed by atoms with Crippen molar-refractivity contribution in [1.82, 2.24) is 24.5 Å². The third-order valence-electron chi connectivity index (χ3n) is 8.37. The van der Waals surface area contributed by atoms with Crippen molar-refractivity contribution in [3.63, 3.8) is 0 Å². The molecule has 1 amide bonds. The second-order valence-electron chi connectivity index (χ2n) is 10.8. The number of pyridine rings is 1. The van der Waals surface area contributed by atoms with Crippen LogP contribution in [0.4, 0.5) is 15.8 Å². The number of aromatic nitrogens is 4. The third kappa shape index (κ3) is 4.03. The van der Waals surface area contributed by atoms with Gasteiger partial charge in [-0.25, -0.2) is 9.37 Å². The molecule has 7 rings (SSSR count). The van der Waals surface area contributed by atoms with Crippen molar-refractivity contribution < 1.29 is 13.9 Å². The fraction of sp³-hybridized carbons (Fsp3) is 0.464. The summed E-state index contributed by atoms with van der Waals surface area (Å²) in [6.45, 7) is 8.28. The molecule has 2 atom stereocenters. The van der Waals surface area contributed by atoms with Crippen molar-refractivity contribution in [3.05, 3.63) is 53.9 Å². The number of nitrogens with one attached hydrogen (secondary N) is 2. The quantitative estimate of drug-likeness (QED) is 0.406. The van der Waals surface area contributed by atoms with Crippen molar-refractivity contribution in [2.75, 3.05) is 36.5 Å². The molecule has 3 aliphatic rings. The summed E-state index contributed by atoms with van der Waals surface area (Å²) >= 11 is 0. The second kappa shape index (κ2) is 9.06. The van der Waals surface area contributed by atoms with Gasteiger partial charge in [-0.15, -0.1) is 0 Å². The molecular weight excluding hydrogens is 485 g/mol. The first-order valence-electron chi connectivity index (χ1n) is 13.5. The Morgan fingerprint density at radius 1 is 1.16 bits per heavy atom. The first-order valence-corrected chi connectivity index (χ1v) is 13.5. The molecule has 1 aromatic carbocycles. The lowest BCUT2D eigenvalue weighted by atomic mass is 10.0. The lowest BCUT2D eigenvalue weighted by molar-refractivity contribution is 0.102. The Morgan fingerprint density at radius 2 is 1.95 bits per heavy atom. The zero-order valence-corrected chi connectivity index (χ0v) is 21.7. The number of piperidine rings is 1. The highest BCUT2D eigenvalue weighted by atomic mass is 19.1. The van der Waals surface area contributed by atoms with Crippen LogP contribution in [0.25, 0.3) is 16.6 Å². The van der Waals surface area contributed by atoms with E-state index in [1.807, 2.05) is 29.9 Å². The molecule has 5 heterocycles. The van der Waals surface area contributed by atoms with Crippen LogP contribution < -0.4 is 15.5 Å². The third-order valence-corrected chi connectivity index (χ3v) is 8.37. The number of ether oxygens (including phenoxy) is 1. The minimum absolute atomic E-state index is 0.238. The highest BCUT2D eigenvalue weighted by molar-refractivity contribution is 6.13. The van der Waals surface area contributed by atoms with Crippen LogP contribution in [-0.2, 0) is 11.3 Å². The summed E-state index contributed by atoms with van der Waals surface area (Å²) in [4.78, 5) is 20.0. The molecule has 38 heavy (non-hydrogen) atoms. The van der Waals surface area contributed by atoms with Gasteiger partial charge in [-0.2, -0.15) is 5.10 Å². The van der Waals surface area contributed by atoms with Crippen LogP contribution in [0.1, 0.15) is 35.8 Å². The first kappa shape index (κ1) is 23.6. The molecule has 3 aromatic heterocycles. The average molecular weight is 518 g/mol. The molecule has 9 nitrogen and oxygen atoms in total. The van der Waals surface area contributed by atoms with Crippen LogP contribution in [0.5, 0.6) is 0 Å². The number of aryl methyl sites for hydroxylation is 2. The van der Waals surface area contributed by atoms with Gasteiger partial charge in [-0.1, -0.05) is 0 Å². The number of fused-ring (bicyclic) bond motifs is 3. The molecule has 2 unspecified atom stereocenters. The normalized spacial score (nSPS) is 23.3. The molecule has 0 spiro atoms. The van der Waals surface area contributed by atoms with Gasteiger partial charge in [0, 0.05) is 79.3 Å². The van der Waals surface area contributed by atoms with E-state index in [0.29, 0.717) is 52.9 Å². The lowest BCUT2D eigenvalue weighted by Gasteiger charge is -2.35. The Morgan fingerprint density at radius 3 is 2.71 bits per heavy atom. The van der Waals surface area contributed by atoms with Crippen molar-refractivity contribution in [1.29, 1.82) is 0 Å². The lowest BCUT2D eigenvalue weighted by Crippen LogP contribution is -2.44. The van der Waals surface area contributed by atoms with E-state index in [9.17, 15) is 9.18 Å². The second-order valence-corrected chi connectivity index (χ2v) is 10.8. The standard InChI is InChI=1S/C28H32FN7O2/c1-3-36-13-20-24(34-8-6-17(7-9-34)31-25-21-14-38-15-22(21)25)5-4-19(26(20)33-36)28(37)32-18-10-23(29)27-30-16(2)11-35(27)12-18/h4-5,10-13,17,21-22,25,31H,3,6-9,14-15H2,1-2H3,(H,32,37). The molecule has 198 valence electrons. The van der Waals surface area contributed by atoms with E-state index in [1.165, 1.54) is 6.07 Å². The number of benzene rings is 1. The van der Waals surface area contributed by atoms with E-state index in [0.717, 1.165) is 50.2 Å². The average Bonchev–Trinajstić information content (AvgIpc) is 3.36. The molecule has 2 aliphatic heterocycles. The predicted octanol–water partition coefficient (Wildman–Crippen LogP) is 3.61. The molecule has 2 saturated heterocycles. The van der Waals surface area contributed by atoms with Crippen molar-refractivity contribution >= 4 is 33.8 Å². The van der Waals surface area contributed by atoms with Gasteiger partial charge >= 0.3 is 0 Å². The Balaban J connectivity index is 1.11. The summed E-state index contributed by atoms with van der Waals surface area (Å²) in [5.41, 5.74) is 3.55. The minimum Gasteiger partial charge on any atom is -0.381 e. The first-order chi connectivity index (χ1) is 18.5. The largest absolute Gasteiger partial charge is 0.381 e. The van der Waals surface area contributed by atoms with E-state index in [1.54, 1.807) is 23.7 Å². The van der Waals surface area contributed by atoms with Crippen LogP contribution >= 0.6 is 0 Å². The summed E-state index contributed by atoms with van der Waals surface area (Å²) in [5.74, 6) is 0.630. The van der Waals surface area contributed by atoms with Crippen molar-refractivity contribution in [3.8, 4) is 0 Å². The molecule has 1 aliphatic carbocycles. The molecule has 10 heteroatoms. The molecule has 0 bridgehead atoms. The number of carbonyl (C=O) groups is 1. The maximum atomic E-state index is 14.6. The van der Waals surface area contributed by atoms with Crippen LogP contribution in [0, 0.1) is 24.6 Å². The highest BCUT2D eigenvalue weighted by Gasteiger charge is 2.54. The molecular formula is C28H32FN7O2. The van der Waals surface area contributed by atoms with Gasteiger partial charge in [0.25, 0.3) is 5.91 Å². The molecule has 4 aromatic rings. The topological polar surface area (TPSA) is 88.7 Å². The zero-order chi connectivity index (χ0) is 26.0. The summed E-state index contributed by atoms with van der Waals surface area (Å²) < 4.78 is 23.6. The Bertz CT molecular complexity index is 1530. The smallest absolute Gasteiger partial charge is 0.257 e. The summed E-state index contributed by atoms with van der Waals surface area (Å²) in [6, 6.07) is 6.34. The number of hydrogen-bond donors (Lipinski definition) is 2. The molecule has 2 N–H and O–H groups in total. The zero-order valence-electron chi connectivity index (χ0n) is 21.7. The van der Waals surface area contributed by atoms with E-state index >= 15 is 0 Å². The van der Waals surface area contributed by atoms with Gasteiger partial charge in [0.05, 0.1) is 30.2 Å². The maximum Gasteiger partial charge on any atom is 0.257 e. The number of nitrogens with zero attached hydrogens (tertiary/aromatic N) is 5. The number of hydrogen-bond acceptors (Lipinski definition) is 6. The van der Waals surface area contributed by atoms with Crippen LogP contribution in [-0.4, -0.2) is 63.5 Å². The number of anilines is 2. The summed E-state index contributed by atoms with van der Waals surface area (Å²) in [5, 5.41) is 12.4. The number of imidazole rings is 1. The summed E-state index contributed by atoms with van der Waals surface area (Å²) in [7, 11) is 0. The summed E-state index contributed by atoms with van der Waals surface area (Å²) in [6.07, 6.45) is 7.60. The molecule has 0 radical (unpaired) electrons. The minimum atomic E-state index is -0.484.